The number of nitrogens with zero attached hydrogens (tertiary/aromatic N) is 1. The average Bonchev–Trinajstić information content (AvgIpc) is 2.90. The van der Waals surface area contributed by atoms with Gasteiger partial charge in [-0.1, -0.05) is 43.5 Å². The molecule has 3 aromatic rings. The first kappa shape index (κ1) is 24.2. The summed E-state index contributed by atoms with van der Waals surface area (Å²) in [6.07, 6.45) is 3.30. The van der Waals surface area contributed by atoms with Crippen molar-refractivity contribution in [2.75, 3.05) is 13.2 Å². The van der Waals surface area contributed by atoms with Crippen LogP contribution in [0.2, 0.25) is 0 Å². The average molecular weight is 481 g/mol. The van der Waals surface area contributed by atoms with E-state index in [1.54, 1.807) is 54.6 Å². The molecule has 3 aromatic carbocycles. The lowest BCUT2D eigenvalue weighted by atomic mass is 9.83. The number of nitriles is 1. The minimum atomic E-state index is -0.533. The quantitative estimate of drug-likeness (QED) is 0.253. The number of benzene rings is 3. The summed E-state index contributed by atoms with van der Waals surface area (Å²) in [5.74, 6) is 1.02. The fraction of sp³-hybridized carbons (Fsp3) is 0.103. The zero-order valence-electron chi connectivity index (χ0n) is 19.5. The normalized spacial score (nSPS) is 14.0. The molecule has 0 aliphatic carbocycles. The van der Waals surface area contributed by atoms with Crippen LogP contribution in [0.3, 0.4) is 0 Å². The van der Waals surface area contributed by atoms with Crippen LogP contribution in [-0.4, -0.2) is 19.2 Å². The molecule has 36 heavy (non-hydrogen) atoms. The second kappa shape index (κ2) is 11.0. The molecule has 7 nitrogen and oxygen atoms in total. The Hall–Kier alpha value is -4.96. The molecule has 1 heterocycles. The first-order valence-corrected chi connectivity index (χ1v) is 11.1. The maximum Gasteiger partial charge on any atom is 0.343 e. The van der Waals surface area contributed by atoms with Gasteiger partial charge in [-0.05, 0) is 48.0 Å². The second-order valence-electron chi connectivity index (χ2n) is 7.81. The highest BCUT2D eigenvalue weighted by Gasteiger charge is 2.31. The van der Waals surface area contributed by atoms with Crippen molar-refractivity contribution in [1.29, 1.82) is 5.26 Å². The Labute approximate surface area is 209 Å². The monoisotopic (exact) mass is 480 g/mol. The van der Waals surface area contributed by atoms with Crippen LogP contribution in [0.5, 0.6) is 23.0 Å². The highest BCUT2D eigenvalue weighted by Crippen LogP contribution is 2.43. The van der Waals surface area contributed by atoms with E-state index in [0.29, 0.717) is 41.6 Å². The molecule has 180 valence electrons. The predicted octanol–water partition coefficient (Wildman–Crippen LogP) is 5.25. The number of carbonyl (C=O) groups is 1. The van der Waals surface area contributed by atoms with Crippen molar-refractivity contribution in [3.05, 3.63) is 120 Å². The molecule has 0 bridgehead atoms. The van der Waals surface area contributed by atoms with Gasteiger partial charge in [-0.2, -0.15) is 5.26 Å². The van der Waals surface area contributed by atoms with Gasteiger partial charge < -0.3 is 24.7 Å². The third kappa shape index (κ3) is 5.24. The van der Waals surface area contributed by atoms with Gasteiger partial charge in [0, 0.05) is 11.6 Å². The van der Waals surface area contributed by atoms with Gasteiger partial charge in [-0.15, -0.1) is 0 Å². The summed E-state index contributed by atoms with van der Waals surface area (Å²) in [7, 11) is 0. The minimum Gasteiger partial charge on any atom is -0.490 e. The number of carbonyl (C=O) groups excluding carboxylic acids is 1. The third-order valence-corrected chi connectivity index (χ3v) is 5.44. The lowest BCUT2D eigenvalue weighted by molar-refractivity contribution is 0.0734. The molecule has 1 aliphatic rings. The van der Waals surface area contributed by atoms with E-state index in [0.717, 1.165) is 11.1 Å². The molecule has 4 rings (SSSR count). The van der Waals surface area contributed by atoms with Crippen LogP contribution >= 0.6 is 0 Å². The van der Waals surface area contributed by atoms with E-state index in [9.17, 15) is 10.1 Å². The van der Waals surface area contributed by atoms with Gasteiger partial charge in [0.25, 0.3) is 0 Å². The van der Waals surface area contributed by atoms with Gasteiger partial charge in [0.05, 0.1) is 11.5 Å². The van der Waals surface area contributed by atoms with Crippen LogP contribution in [0.4, 0.5) is 0 Å². The highest BCUT2D eigenvalue weighted by atomic mass is 16.5. The van der Waals surface area contributed by atoms with E-state index in [4.69, 9.17) is 24.7 Å². The van der Waals surface area contributed by atoms with Gasteiger partial charge in [0.1, 0.15) is 47.9 Å². The van der Waals surface area contributed by atoms with Gasteiger partial charge >= 0.3 is 5.97 Å². The number of nitrogens with two attached hydrogens (primary N) is 1. The van der Waals surface area contributed by atoms with Gasteiger partial charge in [-0.25, -0.2) is 4.79 Å². The van der Waals surface area contributed by atoms with E-state index >= 15 is 0 Å². The molecule has 0 amide bonds. The molecular formula is C29H24N2O5. The van der Waals surface area contributed by atoms with Crippen molar-refractivity contribution in [3.8, 4) is 29.1 Å². The first-order chi connectivity index (χ1) is 17.5. The molecule has 2 N–H and O–H groups in total. The van der Waals surface area contributed by atoms with Crippen molar-refractivity contribution in [2.45, 2.75) is 5.92 Å². The lowest BCUT2D eigenvalue weighted by Gasteiger charge is -2.26. The summed E-state index contributed by atoms with van der Waals surface area (Å²) < 4.78 is 22.3. The van der Waals surface area contributed by atoms with E-state index in [2.05, 4.69) is 19.2 Å². The van der Waals surface area contributed by atoms with Gasteiger partial charge in [-0.3, -0.25) is 0 Å². The van der Waals surface area contributed by atoms with Crippen LogP contribution in [0.25, 0.3) is 0 Å². The van der Waals surface area contributed by atoms with E-state index in [-0.39, 0.29) is 11.6 Å². The molecule has 0 saturated heterocycles. The Bertz CT molecular complexity index is 1350. The minimum absolute atomic E-state index is 0.000531. The SMILES string of the molecule is C=CCOc1ccc(C(=O)Oc2ccc3c(c2)OC(N)=C(C#N)C3c2ccc(OCC=C)cc2)cc1. The number of allylic oxidation sites excluding steroid dienone is 1. The van der Waals surface area contributed by atoms with Crippen molar-refractivity contribution in [2.24, 2.45) is 5.73 Å². The van der Waals surface area contributed by atoms with Crippen LogP contribution in [0, 0.1) is 11.3 Å². The number of hydrogen-bond acceptors (Lipinski definition) is 7. The maximum absolute atomic E-state index is 12.6. The van der Waals surface area contributed by atoms with Crippen molar-refractivity contribution in [1.82, 2.24) is 0 Å². The summed E-state index contributed by atoms with van der Waals surface area (Å²) >= 11 is 0. The smallest absolute Gasteiger partial charge is 0.343 e. The first-order valence-electron chi connectivity index (χ1n) is 11.1. The summed E-state index contributed by atoms with van der Waals surface area (Å²) in [6.45, 7) is 8.01. The van der Waals surface area contributed by atoms with Crippen LogP contribution in [-0.2, 0) is 0 Å². The van der Waals surface area contributed by atoms with Gasteiger partial charge in [0.2, 0.25) is 5.88 Å². The zero-order valence-corrected chi connectivity index (χ0v) is 19.5. The zero-order chi connectivity index (χ0) is 25.5. The summed E-state index contributed by atoms with van der Waals surface area (Å²) in [6, 6.07) is 21.2. The Morgan fingerprint density at radius 1 is 0.944 bits per heavy atom. The Kier molecular flexibility index (Phi) is 7.37. The molecule has 1 aliphatic heterocycles. The molecule has 7 heteroatoms. The van der Waals surface area contributed by atoms with Crippen LogP contribution in [0.1, 0.15) is 27.4 Å². The topological polar surface area (TPSA) is 104 Å². The Balaban J connectivity index is 1.57. The summed E-state index contributed by atoms with van der Waals surface area (Å²) in [4.78, 5) is 12.6. The Morgan fingerprint density at radius 3 is 2.11 bits per heavy atom. The maximum atomic E-state index is 12.6. The number of rotatable bonds is 9. The molecule has 1 atom stereocenters. The summed E-state index contributed by atoms with van der Waals surface area (Å²) in [5, 5.41) is 9.77. The Morgan fingerprint density at radius 2 is 1.53 bits per heavy atom. The number of hydrogen-bond donors (Lipinski definition) is 1. The largest absolute Gasteiger partial charge is 0.490 e. The lowest BCUT2D eigenvalue weighted by Crippen LogP contribution is -2.21. The molecule has 0 fully saturated rings. The van der Waals surface area contributed by atoms with Crippen LogP contribution in [0.15, 0.2) is 103 Å². The van der Waals surface area contributed by atoms with E-state index in [1.807, 2.05) is 24.3 Å². The highest BCUT2D eigenvalue weighted by molar-refractivity contribution is 5.91. The van der Waals surface area contributed by atoms with Crippen LogP contribution < -0.4 is 24.7 Å². The fourth-order valence-electron chi connectivity index (χ4n) is 3.76. The number of ether oxygens (including phenoxy) is 4. The molecule has 0 saturated carbocycles. The summed E-state index contributed by atoms with van der Waals surface area (Å²) in [5.41, 5.74) is 8.32. The molecule has 0 radical (unpaired) electrons. The number of esters is 1. The molecule has 0 aromatic heterocycles. The predicted molar refractivity (Wildman–Crippen MR) is 135 cm³/mol. The van der Waals surface area contributed by atoms with Gasteiger partial charge in [0.15, 0.2) is 0 Å². The molecule has 0 spiro atoms. The van der Waals surface area contributed by atoms with E-state index < -0.39 is 11.9 Å². The van der Waals surface area contributed by atoms with Crippen molar-refractivity contribution >= 4 is 5.97 Å². The third-order valence-electron chi connectivity index (χ3n) is 5.44. The van der Waals surface area contributed by atoms with Crippen molar-refractivity contribution < 1.29 is 23.7 Å². The van der Waals surface area contributed by atoms with E-state index in [1.165, 1.54) is 0 Å². The molecule has 1 unspecified atom stereocenters. The fourth-order valence-corrected chi connectivity index (χ4v) is 3.76. The second-order valence-corrected chi connectivity index (χ2v) is 7.81. The number of fused-ring (bicyclic) bond motifs is 1. The van der Waals surface area contributed by atoms with Crippen molar-refractivity contribution in [3.63, 3.8) is 0 Å². The standard InChI is InChI=1S/C29H24N2O5/c1-3-15-33-21-9-5-19(6-10-21)27-24-14-13-23(17-26(24)36-28(31)25(27)18-30)35-29(32)20-7-11-22(12-8-20)34-16-4-2/h3-14,17,27H,1-2,15-16,31H2. The molecular weight excluding hydrogens is 456 g/mol.